The first-order valence-electron chi connectivity index (χ1n) is 13.1. The highest BCUT2D eigenvalue weighted by atomic mass is 31.2. The van der Waals surface area contributed by atoms with Gasteiger partial charge in [0, 0.05) is 11.1 Å². The maximum Gasteiger partial charge on any atom is 0.387 e. The number of benzene rings is 3. The summed E-state index contributed by atoms with van der Waals surface area (Å²) in [5.74, 6) is -1.08. The molecule has 3 aromatic carbocycles. The molecule has 0 amide bonds. The largest absolute Gasteiger partial charge is 0.433 e. The van der Waals surface area contributed by atoms with Crippen molar-refractivity contribution < 1.29 is 33.1 Å². The molecule has 2 atom stereocenters. The lowest BCUT2D eigenvalue weighted by Crippen LogP contribution is -2.49. The predicted molar refractivity (Wildman–Crippen MR) is 160 cm³/mol. The molecular weight excluding hydrogens is 561 g/mol. The van der Waals surface area contributed by atoms with Crippen LogP contribution in [0.2, 0.25) is 0 Å². The van der Waals surface area contributed by atoms with Crippen LogP contribution in [0.15, 0.2) is 60.7 Å². The molecule has 2 unspecified atom stereocenters. The van der Waals surface area contributed by atoms with E-state index in [1.165, 1.54) is 43.5 Å². The number of aldehydes is 1. The quantitative estimate of drug-likeness (QED) is 0.109. The first-order chi connectivity index (χ1) is 19.7. The smallest absolute Gasteiger partial charge is 0.387 e. The fourth-order valence-electron chi connectivity index (χ4n) is 4.88. The third-order valence-corrected chi connectivity index (χ3v) is 8.60. The highest BCUT2D eigenvalue weighted by molar-refractivity contribution is 7.62. The molecule has 2 N–H and O–H groups in total. The molecule has 216 valence electrons. The number of aliphatic hydroxyl groups is 2. The van der Waals surface area contributed by atoms with Gasteiger partial charge in [0.2, 0.25) is 0 Å². The summed E-state index contributed by atoms with van der Waals surface area (Å²) in [6.45, 7) is 1.67. The Bertz CT molecular complexity index is 1640. The fraction of sp³-hybridized carbons (Fsp3) is 0.310. The molecule has 0 aliphatic heterocycles. The number of halogens is 2. The van der Waals surface area contributed by atoms with Gasteiger partial charge in [-0.05, 0) is 67.8 Å². The highest BCUT2D eigenvalue weighted by Crippen LogP contribution is 2.51. The Balaban J connectivity index is 2.00. The molecule has 0 aliphatic carbocycles. The number of fused-ring (bicyclic) bond motifs is 1. The molecule has 42 heavy (non-hydrogen) atoms. The van der Waals surface area contributed by atoms with Crippen molar-refractivity contribution >= 4 is 40.2 Å². The van der Waals surface area contributed by atoms with Crippen molar-refractivity contribution in [1.29, 1.82) is 0 Å². The number of carbonyl (C=O) groups is 1. The van der Waals surface area contributed by atoms with Gasteiger partial charge in [-0.1, -0.05) is 43.3 Å². The second kappa shape index (κ2) is 12.1. The number of nitrogens with zero attached hydrogens (tertiary/aromatic N) is 3. The summed E-state index contributed by atoms with van der Waals surface area (Å²) in [6, 6.07) is 15.7. The minimum Gasteiger partial charge on any atom is -0.433 e. The van der Waals surface area contributed by atoms with Gasteiger partial charge in [0.05, 0.1) is 17.1 Å². The Hall–Kier alpha value is -3.30. The Morgan fingerprint density at radius 2 is 1.76 bits per heavy atom. The summed E-state index contributed by atoms with van der Waals surface area (Å²) < 4.78 is 45.7. The lowest BCUT2D eigenvalue weighted by Gasteiger charge is -2.38. The maximum absolute atomic E-state index is 13.5. The van der Waals surface area contributed by atoms with Gasteiger partial charge < -0.3 is 19.5 Å². The van der Waals surface area contributed by atoms with Crippen LogP contribution < -0.4 is 4.74 Å². The van der Waals surface area contributed by atoms with Crippen LogP contribution in [0, 0.1) is 0 Å². The number of ether oxygens (including phenoxy) is 1. The van der Waals surface area contributed by atoms with Gasteiger partial charge in [-0.3, -0.25) is 14.3 Å². The molecular formula is C29H30B2F2N3O5P. The topological polar surface area (TPSA) is 105 Å². The second-order valence-electron chi connectivity index (χ2n) is 10.4. The van der Waals surface area contributed by atoms with E-state index in [9.17, 15) is 28.4 Å². The van der Waals surface area contributed by atoms with Crippen molar-refractivity contribution in [3.63, 3.8) is 0 Å². The van der Waals surface area contributed by atoms with E-state index in [4.69, 9.17) is 25.4 Å². The van der Waals surface area contributed by atoms with Crippen LogP contribution in [0.5, 0.6) is 5.75 Å². The lowest BCUT2D eigenvalue weighted by atomic mass is 9.71. The number of carbonyl (C=O) groups excluding carboxylic acids is 1. The zero-order valence-electron chi connectivity index (χ0n) is 23.6. The van der Waals surface area contributed by atoms with E-state index in [0.717, 1.165) is 5.56 Å². The van der Waals surface area contributed by atoms with Gasteiger partial charge in [-0.25, -0.2) is 4.98 Å². The Morgan fingerprint density at radius 3 is 2.31 bits per heavy atom. The minimum absolute atomic E-state index is 0.0343. The van der Waals surface area contributed by atoms with E-state index >= 15 is 0 Å². The Kier molecular flexibility index (Phi) is 9.14. The standard InChI is InChI=1S/C29H30B2F2N3O5P/c1-5-22(35(2)29(30,31)39)26-34-21-14-13-19(17-9-11-18(12-10-17)27(38)42(3,4)40)15-23(21)36(26)25-20(16-37)7-6-8-24(25)41-28(32)33/h6-16,22,27-28,38-39H,5H2,1-4H3. The average molecular weight is 591 g/mol. The summed E-state index contributed by atoms with van der Waals surface area (Å²) in [7, 11) is 10.3. The van der Waals surface area contributed by atoms with Crippen LogP contribution in [0.4, 0.5) is 8.78 Å². The van der Waals surface area contributed by atoms with Gasteiger partial charge in [-0.2, -0.15) is 8.78 Å². The fourth-order valence-corrected chi connectivity index (χ4v) is 5.77. The summed E-state index contributed by atoms with van der Waals surface area (Å²) in [6.07, 6.45) is 0.879. The average Bonchev–Trinajstić information content (AvgIpc) is 3.29. The Labute approximate surface area is 245 Å². The third-order valence-electron chi connectivity index (χ3n) is 7.13. The summed E-state index contributed by atoms with van der Waals surface area (Å²) in [5.41, 5.74) is 0.750. The molecule has 0 fully saturated rings. The molecule has 4 rings (SSSR count). The number of aromatic nitrogens is 2. The van der Waals surface area contributed by atoms with E-state index in [1.54, 1.807) is 41.0 Å². The number of rotatable bonds is 11. The SMILES string of the molecule is [B]C([B])(O)N(C)C(CC)c1nc2ccc(-c3ccc(C(O)P(C)(C)=O)cc3)cc2n1-c1c(C=O)cccc1OC(F)F. The first-order valence-corrected chi connectivity index (χ1v) is 15.8. The van der Waals surface area contributed by atoms with Crippen LogP contribution in [0.1, 0.15) is 47.0 Å². The van der Waals surface area contributed by atoms with Crippen molar-refractivity contribution in [3.8, 4) is 22.6 Å². The molecule has 1 heterocycles. The van der Waals surface area contributed by atoms with Crippen LogP contribution in [-0.2, 0) is 4.57 Å². The summed E-state index contributed by atoms with van der Waals surface area (Å²) in [5, 5.41) is 20.8. The molecule has 0 spiro atoms. The van der Waals surface area contributed by atoms with E-state index in [-0.39, 0.29) is 22.8 Å². The lowest BCUT2D eigenvalue weighted by molar-refractivity contribution is -0.0499. The molecule has 1 aromatic heterocycles. The van der Waals surface area contributed by atoms with Gasteiger partial charge in [0.25, 0.3) is 0 Å². The van der Waals surface area contributed by atoms with Crippen molar-refractivity contribution in [2.24, 2.45) is 0 Å². The number of aliphatic hydroxyl groups excluding tert-OH is 1. The molecule has 4 aromatic rings. The van der Waals surface area contributed by atoms with Crippen molar-refractivity contribution in [2.75, 3.05) is 20.4 Å². The molecule has 0 aliphatic rings. The van der Waals surface area contributed by atoms with Crippen molar-refractivity contribution in [1.82, 2.24) is 14.5 Å². The Morgan fingerprint density at radius 1 is 1.12 bits per heavy atom. The normalized spacial score (nSPS) is 14.0. The van der Waals surface area contributed by atoms with Crippen LogP contribution in [0.25, 0.3) is 27.8 Å². The van der Waals surface area contributed by atoms with E-state index in [1.807, 2.05) is 13.0 Å². The molecule has 0 saturated heterocycles. The molecule has 0 bridgehead atoms. The number of para-hydroxylation sites is 1. The molecule has 0 saturated carbocycles. The van der Waals surface area contributed by atoms with E-state index < -0.39 is 31.2 Å². The number of hydrogen-bond donors (Lipinski definition) is 2. The number of alkyl halides is 2. The van der Waals surface area contributed by atoms with Gasteiger partial charge >= 0.3 is 6.61 Å². The number of imidazole rings is 1. The first kappa shape index (κ1) is 31.6. The van der Waals surface area contributed by atoms with Crippen molar-refractivity contribution in [2.45, 2.75) is 37.4 Å². The monoisotopic (exact) mass is 591 g/mol. The van der Waals surface area contributed by atoms with Crippen LogP contribution in [-0.4, -0.2) is 79.2 Å². The predicted octanol–water partition coefficient (Wildman–Crippen LogP) is 5.04. The van der Waals surface area contributed by atoms with Crippen LogP contribution >= 0.6 is 7.14 Å². The molecule has 13 heteroatoms. The number of hydrogen-bond acceptors (Lipinski definition) is 7. The molecule has 8 nitrogen and oxygen atoms in total. The third kappa shape index (κ3) is 6.37. The van der Waals surface area contributed by atoms with Crippen molar-refractivity contribution in [3.05, 3.63) is 77.6 Å². The zero-order valence-corrected chi connectivity index (χ0v) is 24.5. The minimum atomic E-state index is -3.17. The van der Waals surface area contributed by atoms with Crippen LogP contribution in [0.3, 0.4) is 0 Å². The van der Waals surface area contributed by atoms with E-state index in [0.29, 0.717) is 34.9 Å². The summed E-state index contributed by atoms with van der Waals surface area (Å²) in [4.78, 5) is 18.2. The second-order valence-corrected chi connectivity index (χ2v) is 13.8. The highest BCUT2D eigenvalue weighted by Gasteiger charge is 2.32. The maximum atomic E-state index is 13.5. The van der Waals surface area contributed by atoms with Gasteiger partial charge in [0.1, 0.15) is 40.2 Å². The van der Waals surface area contributed by atoms with E-state index in [2.05, 4.69) is 0 Å². The zero-order chi connectivity index (χ0) is 31.0. The van der Waals surface area contributed by atoms with Gasteiger partial charge in [-0.15, -0.1) is 0 Å². The van der Waals surface area contributed by atoms with Gasteiger partial charge in [0.15, 0.2) is 12.0 Å². The molecule has 4 radical (unpaired) electrons. The summed E-state index contributed by atoms with van der Waals surface area (Å²) >= 11 is 0.